The number of carbonyl (C=O) groups is 1. The van der Waals surface area contributed by atoms with E-state index >= 15 is 0 Å². The lowest BCUT2D eigenvalue weighted by molar-refractivity contribution is -0.0499. The summed E-state index contributed by atoms with van der Waals surface area (Å²) in [6, 6.07) is 5.08. The molecule has 0 spiro atoms. The number of halogens is 3. The molecule has 0 saturated carbocycles. The molecule has 1 aromatic carbocycles. The van der Waals surface area contributed by atoms with Gasteiger partial charge in [-0.3, -0.25) is 14.4 Å². The Morgan fingerprint density at radius 3 is 2.83 bits per heavy atom. The number of alkyl halides is 2. The van der Waals surface area contributed by atoms with E-state index in [4.69, 9.17) is 0 Å². The molecule has 0 fully saturated rings. The second-order valence-corrected chi connectivity index (χ2v) is 7.54. The van der Waals surface area contributed by atoms with Crippen LogP contribution in [0.2, 0.25) is 0 Å². The minimum absolute atomic E-state index is 0.115. The number of rotatable bonds is 6. The molecule has 0 unspecified atom stereocenters. The number of amides is 1. The molecular weight excluding hydrogens is 407 g/mol. The van der Waals surface area contributed by atoms with Crippen molar-refractivity contribution in [3.63, 3.8) is 0 Å². The van der Waals surface area contributed by atoms with Crippen molar-refractivity contribution in [1.82, 2.24) is 14.8 Å². The van der Waals surface area contributed by atoms with Gasteiger partial charge in [0.25, 0.3) is 5.91 Å². The van der Waals surface area contributed by atoms with Gasteiger partial charge in [0.1, 0.15) is 17.3 Å². The molecular formula is C18H16F3N5O2S. The minimum atomic E-state index is -3.02. The fourth-order valence-electron chi connectivity index (χ4n) is 2.98. The third kappa shape index (κ3) is 4.04. The number of fused-ring (bicyclic) bond motifs is 1. The highest BCUT2D eigenvalue weighted by molar-refractivity contribution is 7.15. The maximum Gasteiger partial charge on any atom is 0.387 e. The second kappa shape index (κ2) is 7.74. The van der Waals surface area contributed by atoms with E-state index in [-0.39, 0.29) is 23.9 Å². The van der Waals surface area contributed by atoms with Gasteiger partial charge in [-0.05, 0) is 25.1 Å². The van der Waals surface area contributed by atoms with E-state index in [0.717, 1.165) is 10.9 Å². The molecule has 1 amide bonds. The van der Waals surface area contributed by atoms with Gasteiger partial charge in [-0.25, -0.2) is 9.37 Å². The predicted molar refractivity (Wildman–Crippen MR) is 101 cm³/mol. The monoisotopic (exact) mass is 423 g/mol. The zero-order valence-electron chi connectivity index (χ0n) is 15.2. The molecule has 152 valence electrons. The Balaban J connectivity index is 1.45. The maximum absolute atomic E-state index is 14.1. The molecule has 0 bridgehead atoms. The van der Waals surface area contributed by atoms with Crippen LogP contribution in [0.3, 0.4) is 0 Å². The van der Waals surface area contributed by atoms with Gasteiger partial charge in [-0.2, -0.15) is 13.9 Å². The Morgan fingerprint density at radius 2 is 2.14 bits per heavy atom. The SMILES string of the molecule is Cc1cnc(N2CCn3nc(CNc4ccc(OC(F)F)cc4F)cc3C2=O)s1. The number of hydrogen-bond acceptors (Lipinski definition) is 6. The zero-order valence-corrected chi connectivity index (χ0v) is 16.0. The lowest BCUT2D eigenvalue weighted by Crippen LogP contribution is -2.40. The molecule has 1 aliphatic rings. The van der Waals surface area contributed by atoms with Crippen molar-refractivity contribution < 1.29 is 22.7 Å². The zero-order chi connectivity index (χ0) is 20.5. The Bertz CT molecular complexity index is 1050. The van der Waals surface area contributed by atoms with Crippen molar-refractivity contribution >= 4 is 28.1 Å². The van der Waals surface area contributed by atoms with Gasteiger partial charge in [-0.1, -0.05) is 0 Å². The van der Waals surface area contributed by atoms with Crippen LogP contribution < -0.4 is 15.0 Å². The van der Waals surface area contributed by atoms with Crippen LogP contribution in [-0.2, 0) is 13.1 Å². The maximum atomic E-state index is 14.1. The van der Waals surface area contributed by atoms with Crippen LogP contribution in [0.5, 0.6) is 5.75 Å². The van der Waals surface area contributed by atoms with Crippen LogP contribution in [0.4, 0.5) is 24.0 Å². The summed E-state index contributed by atoms with van der Waals surface area (Å²) >= 11 is 1.45. The number of anilines is 2. The van der Waals surface area contributed by atoms with Gasteiger partial charge in [0.2, 0.25) is 0 Å². The molecule has 11 heteroatoms. The van der Waals surface area contributed by atoms with E-state index in [1.807, 2.05) is 6.92 Å². The van der Waals surface area contributed by atoms with E-state index in [1.165, 1.54) is 23.5 Å². The number of thiazole rings is 1. The van der Waals surface area contributed by atoms with E-state index in [0.29, 0.717) is 29.6 Å². The van der Waals surface area contributed by atoms with Crippen LogP contribution in [0, 0.1) is 12.7 Å². The normalized spacial score (nSPS) is 13.7. The number of hydrogen-bond donors (Lipinski definition) is 1. The molecule has 4 rings (SSSR count). The Morgan fingerprint density at radius 1 is 1.31 bits per heavy atom. The second-order valence-electron chi connectivity index (χ2n) is 6.33. The molecule has 2 aromatic heterocycles. The largest absolute Gasteiger partial charge is 0.435 e. The van der Waals surface area contributed by atoms with Gasteiger partial charge in [0.05, 0.1) is 24.5 Å². The van der Waals surface area contributed by atoms with E-state index in [9.17, 15) is 18.0 Å². The first-order valence-corrected chi connectivity index (χ1v) is 9.51. The van der Waals surface area contributed by atoms with Crippen molar-refractivity contribution in [3.05, 3.63) is 52.5 Å². The lowest BCUT2D eigenvalue weighted by atomic mass is 10.2. The summed E-state index contributed by atoms with van der Waals surface area (Å²) in [4.78, 5) is 19.7. The summed E-state index contributed by atoms with van der Waals surface area (Å²) in [7, 11) is 0. The van der Waals surface area contributed by atoms with Crippen molar-refractivity contribution in [2.75, 3.05) is 16.8 Å². The standard InChI is InChI=1S/C18H16F3N5O2S/c1-10-8-23-18(29-10)25-4-5-26-15(16(25)27)6-11(24-26)9-22-14-3-2-12(7-13(14)19)28-17(20)21/h2-3,6-8,17,22H,4-5,9H2,1H3. The minimum Gasteiger partial charge on any atom is -0.435 e. The van der Waals surface area contributed by atoms with Crippen LogP contribution in [0.1, 0.15) is 21.1 Å². The summed E-state index contributed by atoms with van der Waals surface area (Å²) in [5, 5.41) is 7.88. The van der Waals surface area contributed by atoms with Gasteiger partial charge in [-0.15, -0.1) is 11.3 Å². The van der Waals surface area contributed by atoms with Crippen LogP contribution in [0.15, 0.2) is 30.5 Å². The number of benzene rings is 1. The Kier molecular flexibility index (Phi) is 5.14. The number of nitrogens with one attached hydrogen (secondary N) is 1. The lowest BCUT2D eigenvalue weighted by Gasteiger charge is -2.24. The third-order valence-electron chi connectivity index (χ3n) is 4.30. The molecule has 3 aromatic rings. The van der Waals surface area contributed by atoms with E-state index in [1.54, 1.807) is 21.8 Å². The summed E-state index contributed by atoms with van der Waals surface area (Å²) in [5.41, 5.74) is 1.10. The Hall–Kier alpha value is -3.08. The highest BCUT2D eigenvalue weighted by Gasteiger charge is 2.29. The molecule has 0 saturated heterocycles. The summed E-state index contributed by atoms with van der Waals surface area (Å²) < 4.78 is 44.2. The molecule has 0 aliphatic carbocycles. The smallest absolute Gasteiger partial charge is 0.387 e. The first kappa shape index (κ1) is 19.2. The third-order valence-corrected chi connectivity index (χ3v) is 5.23. The molecule has 1 N–H and O–H groups in total. The first-order valence-electron chi connectivity index (χ1n) is 8.70. The molecule has 1 aliphatic heterocycles. The quantitative estimate of drug-likeness (QED) is 0.655. The number of carbonyl (C=O) groups excluding carboxylic acids is 1. The molecule has 0 radical (unpaired) electrons. The van der Waals surface area contributed by atoms with Crippen molar-refractivity contribution in [3.8, 4) is 5.75 Å². The van der Waals surface area contributed by atoms with Gasteiger partial charge in [0.15, 0.2) is 5.13 Å². The van der Waals surface area contributed by atoms with Crippen molar-refractivity contribution in [1.29, 1.82) is 0 Å². The first-order chi connectivity index (χ1) is 13.9. The van der Waals surface area contributed by atoms with Gasteiger partial charge < -0.3 is 10.1 Å². The topological polar surface area (TPSA) is 72.3 Å². The van der Waals surface area contributed by atoms with Crippen LogP contribution in [-0.4, -0.2) is 33.8 Å². The summed E-state index contributed by atoms with van der Waals surface area (Å²) in [6.45, 7) is 0.0571. The summed E-state index contributed by atoms with van der Waals surface area (Å²) in [6.07, 6.45) is 1.72. The molecule has 0 atom stereocenters. The van der Waals surface area contributed by atoms with Crippen molar-refractivity contribution in [2.45, 2.75) is 26.6 Å². The van der Waals surface area contributed by atoms with Crippen LogP contribution >= 0.6 is 11.3 Å². The fourth-order valence-corrected chi connectivity index (χ4v) is 3.77. The molecule has 29 heavy (non-hydrogen) atoms. The van der Waals surface area contributed by atoms with Gasteiger partial charge in [0, 0.05) is 23.7 Å². The fraction of sp³-hybridized carbons (Fsp3) is 0.278. The van der Waals surface area contributed by atoms with E-state index in [2.05, 4.69) is 20.1 Å². The van der Waals surface area contributed by atoms with Gasteiger partial charge >= 0.3 is 6.61 Å². The average Bonchev–Trinajstić information content (AvgIpc) is 3.27. The number of nitrogens with zero attached hydrogens (tertiary/aromatic N) is 4. The van der Waals surface area contributed by atoms with Crippen LogP contribution in [0.25, 0.3) is 0 Å². The number of aromatic nitrogens is 3. The predicted octanol–water partition coefficient (Wildman–Crippen LogP) is 3.66. The summed E-state index contributed by atoms with van der Waals surface area (Å²) in [5.74, 6) is -1.18. The Labute approximate surface area is 167 Å². The highest BCUT2D eigenvalue weighted by Crippen LogP contribution is 2.26. The number of ether oxygens (including phenoxy) is 1. The average molecular weight is 423 g/mol. The highest BCUT2D eigenvalue weighted by atomic mass is 32.1. The number of aryl methyl sites for hydroxylation is 1. The molecule has 7 nitrogen and oxygen atoms in total. The molecule has 3 heterocycles. The van der Waals surface area contributed by atoms with E-state index < -0.39 is 12.4 Å². The van der Waals surface area contributed by atoms with Crippen molar-refractivity contribution in [2.24, 2.45) is 0 Å².